The number of aromatic nitrogens is 2. The number of ether oxygens (including phenoxy) is 1. The molecule has 1 aliphatic heterocycles. The zero-order valence-corrected chi connectivity index (χ0v) is 16.9. The number of hydrogen-bond donors (Lipinski definition) is 1. The highest BCUT2D eigenvalue weighted by atomic mass is 35.5. The lowest BCUT2D eigenvalue weighted by Gasteiger charge is -2.09. The van der Waals surface area contributed by atoms with Crippen LogP contribution in [0.15, 0.2) is 17.3 Å². The van der Waals surface area contributed by atoms with E-state index in [1.165, 1.54) is 17.7 Å². The molecule has 2 rings (SSSR count). The minimum atomic E-state index is -3.10. The number of nitriles is 1. The minimum Gasteiger partial charge on any atom is -0.454 e. The van der Waals surface area contributed by atoms with Gasteiger partial charge in [0.15, 0.2) is 16.4 Å². The van der Waals surface area contributed by atoms with Crippen molar-refractivity contribution in [1.29, 1.82) is 5.26 Å². The molecule has 0 aliphatic carbocycles. The molecule has 1 aliphatic rings. The van der Waals surface area contributed by atoms with E-state index >= 15 is 0 Å². The van der Waals surface area contributed by atoms with Crippen molar-refractivity contribution in [1.82, 2.24) is 9.78 Å². The van der Waals surface area contributed by atoms with Gasteiger partial charge in [-0.15, -0.1) is 0 Å². The van der Waals surface area contributed by atoms with Crippen LogP contribution in [0.1, 0.15) is 30.6 Å². The van der Waals surface area contributed by atoms with Gasteiger partial charge in [0.2, 0.25) is 5.78 Å². The molecule has 2 heterocycles. The maximum absolute atomic E-state index is 11.8. The van der Waals surface area contributed by atoms with Crippen molar-refractivity contribution >= 4 is 39.3 Å². The molecule has 1 aromatic heterocycles. The van der Waals surface area contributed by atoms with Gasteiger partial charge in [-0.2, -0.15) is 10.4 Å². The van der Waals surface area contributed by atoms with E-state index in [1.807, 2.05) is 0 Å². The van der Waals surface area contributed by atoms with Crippen LogP contribution >= 0.6 is 11.6 Å². The summed E-state index contributed by atoms with van der Waals surface area (Å²) < 4.78 is 29.6. The number of ketones is 1. The van der Waals surface area contributed by atoms with E-state index in [-0.39, 0.29) is 34.0 Å². The van der Waals surface area contributed by atoms with Crippen molar-refractivity contribution in [2.24, 2.45) is 5.73 Å². The van der Waals surface area contributed by atoms with Crippen molar-refractivity contribution < 1.29 is 22.7 Å². The molecular weight excluding hydrogens is 408 g/mol. The minimum absolute atomic E-state index is 0.0313. The third-order valence-corrected chi connectivity index (χ3v) is 6.27. The van der Waals surface area contributed by atoms with Gasteiger partial charge >= 0.3 is 5.97 Å². The maximum Gasteiger partial charge on any atom is 0.331 e. The predicted octanol–water partition coefficient (Wildman–Crippen LogP) is 1.09. The normalized spacial score (nSPS) is 19.3. The molecule has 1 atom stereocenters. The summed E-state index contributed by atoms with van der Waals surface area (Å²) in [5, 5.41) is 13.3. The molecule has 0 bridgehead atoms. The molecule has 1 saturated heterocycles. The van der Waals surface area contributed by atoms with Gasteiger partial charge in [-0.1, -0.05) is 11.6 Å². The molecule has 0 amide bonds. The Bertz CT molecular complexity index is 1010. The molecule has 1 unspecified atom stereocenters. The second-order valence-electron chi connectivity index (χ2n) is 6.33. The van der Waals surface area contributed by atoms with Crippen LogP contribution in [0.4, 0.5) is 0 Å². The van der Waals surface area contributed by atoms with Gasteiger partial charge in [-0.3, -0.25) is 4.79 Å². The number of carbonyl (C=O) groups is 2. The molecule has 11 heteroatoms. The monoisotopic (exact) mass is 426 g/mol. The van der Waals surface area contributed by atoms with Gasteiger partial charge < -0.3 is 10.5 Å². The van der Waals surface area contributed by atoms with Crippen molar-refractivity contribution in [3.8, 4) is 6.07 Å². The fourth-order valence-corrected chi connectivity index (χ4v) is 4.78. The Morgan fingerprint density at radius 1 is 1.50 bits per heavy atom. The van der Waals surface area contributed by atoms with Crippen LogP contribution in [0.25, 0.3) is 6.08 Å². The summed E-state index contributed by atoms with van der Waals surface area (Å²) in [6.45, 7) is 2.46. The second kappa shape index (κ2) is 8.58. The number of esters is 1. The Hall–Kier alpha value is -2.64. The summed E-state index contributed by atoms with van der Waals surface area (Å²) in [4.78, 5) is 23.6. The van der Waals surface area contributed by atoms with Crippen molar-refractivity contribution in [3.05, 3.63) is 33.8 Å². The molecule has 1 fully saturated rings. The third kappa shape index (κ3) is 4.99. The summed E-state index contributed by atoms with van der Waals surface area (Å²) in [5.41, 5.74) is 6.16. The fraction of sp³-hybridized carbons (Fsp3) is 0.412. The molecule has 0 radical (unpaired) electrons. The number of rotatable bonds is 6. The van der Waals surface area contributed by atoms with Crippen LogP contribution in [0.2, 0.25) is 5.15 Å². The Morgan fingerprint density at radius 3 is 2.71 bits per heavy atom. The number of nitrogens with two attached hydrogens (primary N) is 1. The lowest BCUT2D eigenvalue weighted by Crippen LogP contribution is -2.16. The Morgan fingerprint density at radius 2 is 2.18 bits per heavy atom. The van der Waals surface area contributed by atoms with E-state index < -0.39 is 28.2 Å². The van der Waals surface area contributed by atoms with Crippen LogP contribution < -0.4 is 5.73 Å². The zero-order chi connectivity index (χ0) is 21.1. The third-order valence-electron chi connectivity index (χ3n) is 4.14. The molecule has 28 heavy (non-hydrogen) atoms. The summed E-state index contributed by atoms with van der Waals surface area (Å²) in [5.74, 6) is -1.46. The highest BCUT2D eigenvalue weighted by Crippen LogP contribution is 2.30. The maximum atomic E-state index is 11.8. The molecule has 0 aromatic carbocycles. The second-order valence-corrected chi connectivity index (χ2v) is 8.91. The number of carbonyl (C=O) groups excluding carboxylic acids is 2. The fourth-order valence-electron chi connectivity index (χ4n) is 2.71. The number of allylic oxidation sites excluding steroid dienone is 1. The SMILES string of the molecule is C/C(N)=C(/C#N)C(=O)COC(=O)/C=C/c1c(C)nn(C2CCS(=O)(=O)C2)c1Cl. The number of halogens is 1. The van der Waals surface area contributed by atoms with Gasteiger partial charge in [0, 0.05) is 17.3 Å². The van der Waals surface area contributed by atoms with Gasteiger partial charge in [0.1, 0.15) is 16.8 Å². The first-order chi connectivity index (χ1) is 13.1. The molecule has 150 valence electrons. The van der Waals surface area contributed by atoms with Crippen molar-refractivity contribution in [2.45, 2.75) is 26.3 Å². The Balaban J connectivity index is 2.06. The molecular formula is C17H19ClN4O5S. The quantitative estimate of drug-likeness (QED) is 0.404. The van der Waals surface area contributed by atoms with Crippen molar-refractivity contribution in [2.75, 3.05) is 18.1 Å². The van der Waals surface area contributed by atoms with Crippen LogP contribution in [-0.4, -0.2) is 48.1 Å². The van der Waals surface area contributed by atoms with Gasteiger partial charge in [0.05, 0.1) is 23.2 Å². The van der Waals surface area contributed by atoms with Crippen LogP contribution in [-0.2, 0) is 24.2 Å². The smallest absolute Gasteiger partial charge is 0.331 e. The topological polar surface area (TPSA) is 145 Å². The van der Waals surface area contributed by atoms with E-state index in [2.05, 4.69) is 5.10 Å². The molecule has 9 nitrogen and oxygen atoms in total. The van der Waals surface area contributed by atoms with E-state index in [9.17, 15) is 18.0 Å². The van der Waals surface area contributed by atoms with Crippen LogP contribution in [0.3, 0.4) is 0 Å². The first kappa shape index (κ1) is 21.7. The van der Waals surface area contributed by atoms with Gasteiger partial charge in [-0.05, 0) is 26.3 Å². The standard InChI is InChI=1S/C17H19ClN4O5S/c1-10(20)14(7-19)15(23)8-27-16(24)4-3-13-11(2)21-22(17(13)18)12-5-6-28(25,26)9-12/h3-4,12H,5-6,8-9,20H2,1-2H3/b4-3+,14-10+. The summed E-state index contributed by atoms with van der Waals surface area (Å²) in [6, 6.07) is 1.31. The van der Waals surface area contributed by atoms with Crippen LogP contribution in [0, 0.1) is 18.3 Å². The zero-order valence-electron chi connectivity index (χ0n) is 15.3. The molecule has 1 aromatic rings. The summed E-state index contributed by atoms with van der Waals surface area (Å²) in [7, 11) is -3.10. The van der Waals surface area contributed by atoms with E-state index in [0.29, 0.717) is 17.7 Å². The highest BCUT2D eigenvalue weighted by molar-refractivity contribution is 7.91. The van der Waals surface area contributed by atoms with E-state index in [4.69, 9.17) is 27.3 Å². The number of aryl methyl sites for hydroxylation is 1. The Labute approximate surface area is 167 Å². The average Bonchev–Trinajstić information content (AvgIpc) is 3.10. The summed E-state index contributed by atoms with van der Waals surface area (Å²) in [6.07, 6.45) is 2.88. The largest absolute Gasteiger partial charge is 0.454 e. The molecule has 2 N–H and O–H groups in total. The number of nitrogens with zero attached hydrogens (tertiary/aromatic N) is 3. The average molecular weight is 427 g/mol. The Kier molecular flexibility index (Phi) is 6.64. The summed E-state index contributed by atoms with van der Waals surface area (Å²) >= 11 is 6.30. The van der Waals surface area contributed by atoms with Crippen LogP contribution in [0.5, 0.6) is 0 Å². The van der Waals surface area contributed by atoms with Gasteiger partial charge in [0.25, 0.3) is 0 Å². The highest BCUT2D eigenvalue weighted by Gasteiger charge is 2.31. The van der Waals surface area contributed by atoms with E-state index in [0.717, 1.165) is 6.08 Å². The lowest BCUT2D eigenvalue weighted by atomic mass is 10.1. The van der Waals surface area contributed by atoms with Crippen molar-refractivity contribution in [3.63, 3.8) is 0 Å². The number of sulfone groups is 1. The lowest BCUT2D eigenvalue weighted by molar-refractivity contribution is -0.141. The molecule has 0 saturated carbocycles. The number of hydrogen-bond acceptors (Lipinski definition) is 8. The number of Topliss-reactive ketones (excluding diaryl/α,β-unsaturated/α-hetero) is 1. The van der Waals surface area contributed by atoms with Gasteiger partial charge in [-0.25, -0.2) is 17.9 Å². The first-order valence-electron chi connectivity index (χ1n) is 8.25. The predicted molar refractivity (Wildman–Crippen MR) is 102 cm³/mol. The molecule has 0 spiro atoms. The van der Waals surface area contributed by atoms with E-state index in [1.54, 1.807) is 13.0 Å². The first-order valence-corrected chi connectivity index (χ1v) is 10.4.